The van der Waals surface area contributed by atoms with Gasteiger partial charge in [-0.1, -0.05) is 23.7 Å². The SMILES string of the molecule is Cc1ncc(C2CC2)cc1N(Cc1ccc2c3c(c(Cl)nc2c1)COC3)C(=O)c1cnc(C2CC2)nc1. The number of aromatic nitrogens is 4. The predicted molar refractivity (Wildman–Crippen MR) is 141 cm³/mol. The number of amides is 1. The highest BCUT2D eigenvalue weighted by molar-refractivity contribution is 6.30. The number of carbonyl (C=O) groups excluding carboxylic acids is 1. The molecule has 4 heterocycles. The van der Waals surface area contributed by atoms with Gasteiger partial charge in [0.05, 0.1) is 42.2 Å². The van der Waals surface area contributed by atoms with Crippen LogP contribution in [0.1, 0.15) is 81.6 Å². The molecule has 0 spiro atoms. The predicted octanol–water partition coefficient (Wildman–Crippen LogP) is 6.01. The van der Waals surface area contributed by atoms with E-state index in [1.165, 1.54) is 18.4 Å². The summed E-state index contributed by atoms with van der Waals surface area (Å²) < 4.78 is 5.62. The molecule has 0 bridgehead atoms. The maximum atomic E-state index is 13.9. The molecule has 0 saturated heterocycles. The molecule has 1 aromatic carbocycles. The smallest absolute Gasteiger partial charge is 0.261 e. The van der Waals surface area contributed by atoms with Gasteiger partial charge in [0.15, 0.2) is 0 Å². The molecular weight excluding hydrogens is 486 g/mol. The molecule has 0 radical (unpaired) electrons. The number of hydrogen-bond donors (Lipinski definition) is 0. The second-order valence-corrected chi connectivity index (χ2v) is 10.7. The van der Waals surface area contributed by atoms with Gasteiger partial charge in [0, 0.05) is 35.5 Å². The van der Waals surface area contributed by atoms with E-state index < -0.39 is 0 Å². The zero-order chi connectivity index (χ0) is 25.1. The highest BCUT2D eigenvalue weighted by Gasteiger charge is 2.29. The Morgan fingerprint density at radius 3 is 2.51 bits per heavy atom. The fourth-order valence-corrected chi connectivity index (χ4v) is 5.37. The molecule has 0 unspecified atom stereocenters. The van der Waals surface area contributed by atoms with Crippen molar-refractivity contribution in [2.45, 2.75) is 64.2 Å². The standard InChI is InChI=1S/C29H26ClN5O2/c1-16-26(9-20(10-31-16)18-3-4-18)35(29(36)21-11-32-28(33-12-21)19-5-6-19)13-17-2-7-22-23-14-37-15-24(23)27(30)34-25(22)8-17/h2,7-12,18-19H,3-6,13-15H2,1H3. The van der Waals surface area contributed by atoms with E-state index in [9.17, 15) is 4.79 Å². The van der Waals surface area contributed by atoms with Crippen molar-refractivity contribution in [3.8, 4) is 0 Å². The van der Waals surface area contributed by atoms with Crippen LogP contribution in [0.4, 0.5) is 5.69 Å². The van der Waals surface area contributed by atoms with Gasteiger partial charge in [-0.2, -0.15) is 0 Å². The van der Waals surface area contributed by atoms with Crippen molar-refractivity contribution >= 4 is 34.1 Å². The highest BCUT2D eigenvalue weighted by atomic mass is 35.5. The minimum Gasteiger partial charge on any atom is -0.372 e. The first kappa shape index (κ1) is 22.8. The van der Waals surface area contributed by atoms with Crippen LogP contribution in [0.5, 0.6) is 0 Å². The van der Waals surface area contributed by atoms with Crippen LogP contribution in [0.25, 0.3) is 10.9 Å². The van der Waals surface area contributed by atoms with E-state index >= 15 is 0 Å². The first-order valence-electron chi connectivity index (χ1n) is 12.8. The molecule has 2 aliphatic carbocycles. The Hall–Kier alpha value is -3.42. The van der Waals surface area contributed by atoms with E-state index in [2.05, 4.69) is 38.1 Å². The molecular formula is C29H26ClN5O2. The van der Waals surface area contributed by atoms with E-state index in [1.807, 2.05) is 19.2 Å². The normalized spacial score (nSPS) is 16.7. The fourth-order valence-electron chi connectivity index (χ4n) is 5.11. The van der Waals surface area contributed by atoms with Gasteiger partial charge in [0.2, 0.25) is 0 Å². The molecule has 8 heteroatoms. The minimum absolute atomic E-state index is 0.145. The maximum Gasteiger partial charge on any atom is 0.261 e. The third-order valence-corrected chi connectivity index (χ3v) is 7.89. The van der Waals surface area contributed by atoms with Crippen LogP contribution in [0.15, 0.2) is 42.9 Å². The number of aryl methyl sites for hydroxylation is 1. The lowest BCUT2D eigenvalue weighted by molar-refractivity contribution is 0.0984. The quantitative estimate of drug-likeness (QED) is 0.295. The largest absolute Gasteiger partial charge is 0.372 e. The average Bonchev–Trinajstić information content (AvgIpc) is 3.85. The lowest BCUT2D eigenvalue weighted by Gasteiger charge is -2.25. The van der Waals surface area contributed by atoms with Gasteiger partial charge in [-0.3, -0.25) is 9.78 Å². The fraction of sp³-hybridized carbons (Fsp3) is 0.345. The number of rotatable bonds is 6. The number of anilines is 1. The van der Waals surface area contributed by atoms with Crippen molar-refractivity contribution in [1.29, 1.82) is 0 Å². The van der Waals surface area contributed by atoms with Crippen molar-refractivity contribution < 1.29 is 9.53 Å². The van der Waals surface area contributed by atoms with Gasteiger partial charge in [-0.25, -0.2) is 15.0 Å². The molecule has 1 amide bonds. The summed E-state index contributed by atoms with van der Waals surface area (Å²) in [5.74, 6) is 1.64. The second-order valence-electron chi connectivity index (χ2n) is 10.3. The zero-order valence-electron chi connectivity index (χ0n) is 20.6. The van der Waals surface area contributed by atoms with Gasteiger partial charge in [-0.15, -0.1) is 0 Å². The summed E-state index contributed by atoms with van der Waals surface area (Å²) in [5.41, 5.74) is 7.09. The minimum atomic E-state index is -0.145. The first-order valence-corrected chi connectivity index (χ1v) is 13.2. The van der Waals surface area contributed by atoms with Gasteiger partial charge in [-0.05, 0) is 67.3 Å². The van der Waals surface area contributed by atoms with E-state index in [0.717, 1.165) is 57.6 Å². The Labute approximate surface area is 219 Å². The number of benzene rings is 1. The third kappa shape index (κ3) is 4.26. The Kier molecular flexibility index (Phi) is 5.44. The Balaban J connectivity index is 1.28. The first-order chi connectivity index (χ1) is 18.0. The molecule has 2 saturated carbocycles. The summed E-state index contributed by atoms with van der Waals surface area (Å²) in [6, 6.07) is 8.25. The number of pyridine rings is 2. The van der Waals surface area contributed by atoms with E-state index in [4.69, 9.17) is 16.3 Å². The number of ether oxygens (including phenoxy) is 1. The van der Waals surface area contributed by atoms with Crippen LogP contribution in [-0.2, 0) is 24.5 Å². The topological polar surface area (TPSA) is 81.1 Å². The van der Waals surface area contributed by atoms with Crippen molar-refractivity contribution in [3.05, 3.63) is 87.3 Å². The summed E-state index contributed by atoms with van der Waals surface area (Å²) in [6.07, 6.45) is 9.83. The van der Waals surface area contributed by atoms with Gasteiger partial charge in [0.25, 0.3) is 5.91 Å². The second kappa shape index (κ2) is 8.85. The third-order valence-electron chi connectivity index (χ3n) is 7.58. The molecule has 7 rings (SSSR count). The Bertz CT molecular complexity index is 1550. The van der Waals surface area contributed by atoms with Crippen molar-refractivity contribution in [1.82, 2.24) is 19.9 Å². The molecule has 37 heavy (non-hydrogen) atoms. The molecule has 7 nitrogen and oxygen atoms in total. The lowest BCUT2D eigenvalue weighted by atomic mass is 10.0. The highest BCUT2D eigenvalue weighted by Crippen LogP contribution is 2.42. The van der Waals surface area contributed by atoms with Crippen LogP contribution in [0, 0.1) is 6.92 Å². The Morgan fingerprint density at radius 1 is 1.00 bits per heavy atom. The molecule has 186 valence electrons. The molecule has 0 N–H and O–H groups in total. The number of fused-ring (bicyclic) bond motifs is 3. The summed E-state index contributed by atoms with van der Waals surface area (Å²) in [5, 5.41) is 1.52. The molecule has 2 fully saturated rings. The Morgan fingerprint density at radius 2 is 1.76 bits per heavy atom. The van der Waals surface area contributed by atoms with Crippen molar-refractivity contribution in [2.75, 3.05) is 4.90 Å². The number of carbonyl (C=O) groups is 1. The molecule has 3 aromatic heterocycles. The monoisotopic (exact) mass is 511 g/mol. The zero-order valence-corrected chi connectivity index (χ0v) is 21.3. The lowest BCUT2D eigenvalue weighted by Crippen LogP contribution is -2.31. The van der Waals surface area contributed by atoms with Gasteiger partial charge >= 0.3 is 0 Å². The van der Waals surface area contributed by atoms with Crippen LogP contribution < -0.4 is 4.90 Å². The van der Waals surface area contributed by atoms with Gasteiger partial charge in [0.1, 0.15) is 11.0 Å². The van der Waals surface area contributed by atoms with Crippen LogP contribution in [0.2, 0.25) is 5.15 Å². The number of hydrogen-bond acceptors (Lipinski definition) is 6. The number of nitrogens with zero attached hydrogens (tertiary/aromatic N) is 5. The maximum absolute atomic E-state index is 13.9. The van der Waals surface area contributed by atoms with Crippen LogP contribution >= 0.6 is 11.6 Å². The summed E-state index contributed by atoms with van der Waals surface area (Å²) in [6.45, 7) is 3.34. The van der Waals surface area contributed by atoms with E-state index in [0.29, 0.717) is 42.3 Å². The molecule has 0 atom stereocenters. The van der Waals surface area contributed by atoms with E-state index in [-0.39, 0.29) is 5.91 Å². The molecule has 4 aromatic rings. The van der Waals surface area contributed by atoms with Gasteiger partial charge < -0.3 is 9.64 Å². The van der Waals surface area contributed by atoms with Crippen molar-refractivity contribution in [3.63, 3.8) is 0 Å². The average molecular weight is 512 g/mol. The summed E-state index contributed by atoms with van der Waals surface area (Å²) in [4.78, 5) is 34.0. The molecule has 1 aliphatic heterocycles. The van der Waals surface area contributed by atoms with E-state index in [1.54, 1.807) is 17.3 Å². The van der Waals surface area contributed by atoms with Crippen LogP contribution in [0.3, 0.4) is 0 Å². The summed E-state index contributed by atoms with van der Waals surface area (Å²) >= 11 is 6.47. The van der Waals surface area contributed by atoms with Crippen LogP contribution in [-0.4, -0.2) is 25.8 Å². The number of halogens is 1. The van der Waals surface area contributed by atoms with Crippen molar-refractivity contribution in [2.24, 2.45) is 0 Å². The summed E-state index contributed by atoms with van der Waals surface area (Å²) in [7, 11) is 0. The molecule has 3 aliphatic rings.